The molecule has 0 bridgehead atoms. The number of imide groups is 1. The second-order valence-electron chi connectivity index (χ2n) is 7.35. The Morgan fingerprint density at radius 2 is 1.81 bits per heavy atom. The van der Waals surface area contributed by atoms with Crippen LogP contribution in [0.25, 0.3) is 0 Å². The average Bonchev–Trinajstić information content (AvgIpc) is 3.27. The van der Waals surface area contributed by atoms with Gasteiger partial charge in [-0.2, -0.15) is 18.3 Å². The monoisotopic (exact) mass is 445 g/mol. The number of rotatable bonds is 5. The molecule has 2 aromatic rings. The van der Waals surface area contributed by atoms with E-state index in [1.54, 1.807) is 12.1 Å². The highest BCUT2D eigenvalue weighted by atomic mass is 19.4. The maximum atomic E-state index is 12.9. The van der Waals surface area contributed by atoms with E-state index in [2.05, 4.69) is 15.7 Å². The number of hydrogen-bond donors (Lipinski definition) is 1. The minimum absolute atomic E-state index is 0.0519. The van der Waals surface area contributed by atoms with Crippen LogP contribution >= 0.6 is 0 Å². The second kappa shape index (κ2) is 8.06. The SMILES string of the molecule is CCc1ccc(N2C(=O)[C@H]3N=NN(CC(=O)Nc4cccc(C(F)(F)F)c4)[C@@H]3C2=O)cc1. The van der Waals surface area contributed by atoms with Crippen molar-refractivity contribution in [2.24, 2.45) is 10.3 Å². The molecule has 1 saturated heterocycles. The Bertz CT molecular complexity index is 1100. The Morgan fingerprint density at radius 1 is 1.09 bits per heavy atom. The highest BCUT2D eigenvalue weighted by molar-refractivity contribution is 6.25. The first-order valence-electron chi connectivity index (χ1n) is 9.80. The molecule has 1 fully saturated rings. The lowest BCUT2D eigenvalue weighted by Gasteiger charge is -2.20. The molecule has 32 heavy (non-hydrogen) atoms. The Balaban J connectivity index is 1.46. The van der Waals surface area contributed by atoms with Crippen LogP contribution in [0.1, 0.15) is 18.1 Å². The van der Waals surface area contributed by atoms with Gasteiger partial charge in [0.1, 0.15) is 6.54 Å². The van der Waals surface area contributed by atoms with Crippen molar-refractivity contribution in [3.05, 3.63) is 59.7 Å². The number of carbonyl (C=O) groups excluding carboxylic acids is 3. The number of fused-ring (bicyclic) bond motifs is 1. The van der Waals surface area contributed by atoms with Gasteiger partial charge in [-0.05, 0) is 42.3 Å². The molecular formula is C21H18F3N5O3. The van der Waals surface area contributed by atoms with E-state index < -0.39 is 48.1 Å². The van der Waals surface area contributed by atoms with Crippen LogP contribution in [-0.2, 0) is 27.0 Å². The van der Waals surface area contributed by atoms with Gasteiger partial charge in [-0.1, -0.05) is 30.3 Å². The quantitative estimate of drug-likeness (QED) is 0.716. The maximum absolute atomic E-state index is 12.9. The Morgan fingerprint density at radius 3 is 2.47 bits per heavy atom. The number of amides is 3. The predicted octanol–water partition coefficient (Wildman–Crippen LogP) is 3.20. The molecular weight excluding hydrogens is 427 g/mol. The fraction of sp³-hybridized carbons (Fsp3) is 0.286. The highest BCUT2D eigenvalue weighted by Crippen LogP contribution is 2.33. The van der Waals surface area contributed by atoms with E-state index in [9.17, 15) is 27.6 Å². The molecule has 1 N–H and O–H groups in total. The van der Waals surface area contributed by atoms with Crippen LogP contribution in [0.15, 0.2) is 58.9 Å². The van der Waals surface area contributed by atoms with Crippen LogP contribution in [-0.4, -0.2) is 41.4 Å². The number of anilines is 2. The van der Waals surface area contributed by atoms with Crippen LogP contribution in [0.2, 0.25) is 0 Å². The minimum atomic E-state index is -4.55. The summed E-state index contributed by atoms with van der Waals surface area (Å²) in [5.41, 5.74) is 0.484. The van der Waals surface area contributed by atoms with E-state index >= 15 is 0 Å². The van der Waals surface area contributed by atoms with Gasteiger partial charge in [0.05, 0.1) is 11.3 Å². The fourth-order valence-electron chi connectivity index (χ4n) is 3.61. The first-order chi connectivity index (χ1) is 15.2. The zero-order chi connectivity index (χ0) is 23.0. The fourth-order valence-corrected chi connectivity index (χ4v) is 3.61. The first kappa shape index (κ1) is 21.5. The maximum Gasteiger partial charge on any atom is 0.416 e. The summed E-state index contributed by atoms with van der Waals surface area (Å²) in [6.07, 6.45) is -3.75. The minimum Gasteiger partial charge on any atom is -0.324 e. The van der Waals surface area contributed by atoms with Gasteiger partial charge in [0.15, 0.2) is 12.1 Å². The zero-order valence-electron chi connectivity index (χ0n) is 16.8. The molecule has 2 aliphatic rings. The third-order valence-corrected chi connectivity index (χ3v) is 5.24. The number of nitrogens with zero attached hydrogens (tertiary/aromatic N) is 4. The molecule has 2 aromatic carbocycles. The van der Waals surface area contributed by atoms with E-state index in [4.69, 9.17) is 0 Å². The van der Waals surface area contributed by atoms with E-state index in [-0.39, 0.29) is 5.69 Å². The molecule has 0 radical (unpaired) electrons. The molecule has 4 rings (SSSR count). The van der Waals surface area contributed by atoms with E-state index in [0.29, 0.717) is 5.69 Å². The molecule has 2 atom stereocenters. The Labute approximate surface area is 180 Å². The van der Waals surface area contributed by atoms with E-state index in [1.807, 2.05) is 19.1 Å². The molecule has 0 aromatic heterocycles. The third kappa shape index (κ3) is 3.93. The Hall–Kier alpha value is -3.76. The molecule has 0 aliphatic carbocycles. The lowest BCUT2D eigenvalue weighted by atomic mass is 10.1. The van der Waals surface area contributed by atoms with Crippen LogP contribution in [0.4, 0.5) is 24.5 Å². The van der Waals surface area contributed by atoms with Gasteiger partial charge in [-0.25, -0.2) is 4.90 Å². The van der Waals surface area contributed by atoms with Crippen molar-refractivity contribution >= 4 is 29.1 Å². The molecule has 3 amide bonds. The average molecular weight is 445 g/mol. The second-order valence-corrected chi connectivity index (χ2v) is 7.35. The summed E-state index contributed by atoms with van der Waals surface area (Å²) < 4.78 is 38.6. The summed E-state index contributed by atoms with van der Waals surface area (Å²) in [4.78, 5) is 39.1. The van der Waals surface area contributed by atoms with Crippen molar-refractivity contribution in [2.75, 3.05) is 16.8 Å². The van der Waals surface area contributed by atoms with Gasteiger partial charge in [0.2, 0.25) is 5.91 Å². The van der Waals surface area contributed by atoms with Crippen molar-refractivity contribution in [1.82, 2.24) is 5.01 Å². The first-order valence-corrected chi connectivity index (χ1v) is 9.80. The van der Waals surface area contributed by atoms with Gasteiger partial charge >= 0.3 is 6.18 Å². The van der Waals surface area contributed by atoms with Gasteiger partial charge in [0.25, 0.3) is 11.8 Å². The van der Waals surface area contributed by atoms with E-state index in [1.165, 1.54) is 12.1 Å². The van der Waals surface area contributed by atoms with E-state index in [0.717, 1.165) is 34.0 Å². The normalized spacial score (nSPS) is 20.1. The molecule has 166 valence electrons. The summed E-state index contributed by atoms with van der Waals surface area (Å²) >= 11 is 0. The van der Waals surface area contributed by atoms with Crippen LogP contribution < -0.4 is 10.2 Å². The van der Waals surface area contributed by atoms with Gasteiger partial charge < -0.3 is 5.32 Å². The summed E-state index contributed by atoms with van der Waals surface area (Å²) in [7, 11) is 0. The van der Waals surface area contributed by atoms with Crippen LogP contribution in [0, 0.1) is 0 Å². The molecule has 11 heteroatoms. The largest absolute Gasteiger partial charge is 0.416 e. The van der Waals surface area contributed by atoms with Crippen molar-refractivity contribution in [1.29, 1.82) is 0 Å². The van der Waals surface area contributed by atoms with Crippen LogP contribution in [0.3, 0.4) is 0 Å². The predicted molar refractivity (Wildman–Crippen MR) is 108 cm³/mol. The number of benzene rings is 2. The number of carbonyl (C=O) groups is 3. The van der Waals surface area contributed by atoms with Gasteiger partial charge in [0, 0.05) is 5.69 Å². The van der Waals surface area contributed by atoms with Gasteiger partial charge in [-0.3, -0.25) is 19.4 Å². The number of aryl methyl sites for hydroxylation is 1. The van der Waals surface area contributed by atoms with Crippen molar-refractivity contribution < 1.29 is 27.6 Å². The Kier molecular flexibility index (Phi) is 5.41. The molecule has 2 heterocycles. The topological polar surface area (TPSA) is 94.4 Å². The summed E-state index contributed by atoms with van der Waals surface area (Å²) in [5.74, 6) is -1.81. The highest BCUT2D eigenvalue weighted by Gasteiger charge is 2.55. The lowest BCUT2D eigenvalue weighted by Crippen LogP contribution is -2.43. The van der Waals surface area contributed by atoms with Gasteiger partial charge in [-0.15, -0.1) is 0 Å². The lowest BCUT2D eigenvalue weighted by molar-refractivity contribution is -0.137. The zero-order valence-corrected chi connectivity index (χ0v) is 16.8. The molecule has 0 unspecified atom stereocenters. The van der Waals surface area contributed by atoms with Crippen molar-refractivity contribution in [3.63, 3.8) is 0 Å². The summed E-state index contributed by atoms with van der Waals surface area (Å²) in [5, 5.41) is 11.0. The number of alkyl halides is 3. The number of hydrogen-bond acceptors (Lipinski definition) is 6. The third-order valence-electron chi connectivity index (χ3n) is 5.24. The molecule has 0 spiro atoms. The van der Waals surface area contributed by atoms with Crippen LogP contribution in [0.5, 0.6) is 0 Å². The number of halogens is 3. The molecule has 8 nitrogen and oxygen atoms in total. The summed E-state index contributed by atoms with van der Waals surface area (Å²) in [6, 6.07) is 8.97. The van der Waals surface area contributed by atoms with Crippen molar-refractivity contribution in [3.8, 4) is 0 Å². The summed E-state index contributed by atoms with van der Waals surface area (Å²) in [6.45, 7) is 1.52. The van der Waals surface area contributed by atoms with Crippen molar-refractivity contribution in [2.45, 2.75) is 31.6 Å². The smallest absolute Gasteiger partial charge is 0.324 e. The standard InChI is InChI=1S/C21H18F3N5O3/c1-2-12-6-8-15(9-7-12)29-19(31)17-18(20(29)32)28(27-26-17)11-16(30)25-14-5-3-4-13(10-14)21(22,23)24/h3-10,17-18H,2,11H2,1H3,(H,25,30)/t17-,18-/m0/s1. The number of nitrogens with one attached hydrogen (secondary N) is 1. The molecule has 2 aliphatic heterocycles. The molecule has 0 saturated carbocycles.